The molecule has 1 aromatic heterocycles. The summed E-state index contributed by atoms with van der Waals surface area (Å²) in [6.45, 7) is 2.16. The van der Waals surface area contributed by atoms with Crippen molar-refractivity contribution in [1.82, 2.24) is 10.2 Å². The quantitative estimate of drug-likeness (QED) is 0.624. The predicted molar refractivity (Wildman–Crippen MR) is 35.2 cm³/mol. The molecule has 4 nitrogen and oxygen atoms in total. The summed E-state index contributed by atoms with van der Waals surface area (Å²) >= 11 is 0. The Kier molecular flexibility index (Phi) is 0.977. The van der Waals surface area contributed by atoms with Gasteiger partial charge in [-0.2, -0.15) is 0 Å². The van der Waals surface area contributed by atoms with Gasteiger partial charge in [-0.3, -0.25) is 0 Å². The van der Waals surface area contributed by atoms with Crippen LogP contribution in [0.25, 0.3) is 0 Å². The van der Waals surface area contributed by atoms with Crippen LogP contribution in [0, 0.1) is 5.92 Å². The molecule has 0 aromatic carbocycles. The second kappa shape index (κ2) is 1.71. The lowest BCUT2D eigenvalue weighted by Gasteiger charge is -1.83. The van der Waals surface area contributed by atoms with E-state index < -0.39 is 0 Å². The van der Waals surface area contributed by atoms with Gasteiger partial charge in [0.1, 0.15) is 0 Å². The molecule has 10 heavy (non-hydrogen) atoms. The smallest absolute Gasteiger partial charge is 0.312 e. The maximum absolute atomic E-state index is 5.25. The molecular formula is C6H9N3O. The van der Waals surface area contributed by atoms with Crippen LogP contribution < -0.4 is 5.73 Å². The zero-order valence-electron chi connectivity index (χ0n) is 5.74. The molecule has 1 aliphatic rings. The van der Waals surface area contributed by atoms with Crippen LogP contribution in [0.5, 0.6) is 0 Å². The van der Waals surface area contributed by atoms with Gasteiger partial charge < -0.3 is 10.2 Å². The van der Waals surface area contributed by atoms with Gasteiger partial charge in [0.05, 0.1) is 0 Å². The summed E-state index contributed by atoms with van der Waals surface area (Å²) in [6, 6.07) is 0.175. The summed E-state index contributed by atoms with van der Waals surface area (Å²) in [7, 11) is 0. The van der Waals surface area contributed by atoms with Crippen molar-refractivity contribution in [2.75, 3.05) is 5.73 Å². The summed E-state index contributed by atoms with van der Waals surface area (Å²) in [5.74, 6) is 1.87. The molecule has 2 rings (SSSR count). The van der Waals surface area contributed by atoms with E-state index in [-0.39, 0.29) is 6.01 Å². The second-order valence-corrected chi connectivity index (χ2v) is 2.80. The van der Waals surface area contributed by atoms with Crippen molar-refractivity contribution in [3.63, 3.8) is 0 Å². The molecule has 0 aliphatic heterocycles. The lowest BCUT2D eigenvalue weighted by atomic mass is 10.3. The van der Waals surface area contributed by atoms with Crippen LogP contribution in [0.2, 0.25) is 0 Å². The van der Waals surface area contributed by atoms with Gasteiger partial charge in [-0.1, -0.05) is 12.0 Å². The number of hydrogen-bond acceptors (Lipinski definition) is 4. The van der Waals surface area contributed by atoms with Crippen molar-refractivity contribution in [3.8, 4) is 0 Å². The van der Waals surface area contributed by atoms with Crippen LogP contribution in [0.1, 0.15) is 25.2 Å². The fourth-order valence-electron chi connectivity index (χ4n) is 1.06. The van der Waals surface area contributed by atoms with Gasteiger partial charge in [-0.15, -0.1) is 5.10 Å². The molecule has 1 fully saturated rings. The van der Waals surface area contributed by atoms with Gasteiger partial charge in [0.2, 0.25) is 5.89 Å². The van der Waals surface area contributed by atoms with Gasteiger partial charge in [-0.05, 0) is 12.3 Å². The Balaban J connectivity index is 2.20. The number of anilines is 1. The van der Waals surface area contributed by atoms with Crippen LogP contribution in [0.4, 0.5) is 6.01 Å². The molecule has 0 amide bonds. The highest BCUT2D eigenvalue weighted by atomic mass is 16.4. The fraction of sp³-hybridized carbons (Fsp3) is 0.667. The minimum Gasteiger partial charge on any atom is -0.408 e. The van der Waals surface area contributed by atoms with Gasteiger partial charge in [0.15, 0.2) is 0 Å². The summed E-state index contributed by atoms with van der Waals surface area (Å²) in [4.78, 5) is 0. The van der Waals surface area contributed by atoms with Crippen molar-refractivity contribution in [1.29, 1.82) is 0 Å². The first-order chi connectivity index (χ1) is 4.77. The van der Waals surface area contributed by atoms with Crippen LogP contribution >= 0.6 is 0 Å². The molecule has 0 radical (unpaired) electrons. The first-order valence-corrected chi connectivity index (χ1v) is 3.36. The molecule has 0 spiro atoms. The van der Waals surface area contributed by atoms with Gasteiger partial charge in [0, 0.05) is 5.92 Å². The molecule has 2 atom stereocenters. The number of hydrogen-bond donors (Lipinski definition) is 1. The van der Waals surface area contributed by atoms with E-state index in [1.807, 2.05) is 0 Å². The number of rotatable bonds is 1. The van der Waals surface area contributed by atoms with Crippen molar-refractivity contribution in [2.45, 2.75) is 19.3 Å². The van der Waals surface area contributed by atoms with Crippen LogP contribution in [-0.4, -0.2) is 10.2 Å². The summed E-state index contributed by atoms with van der Waals surface area (Å²) in [6.07, 6.45) is 1.15. The predicted octanol–water partition coefficient (Wildman–Crippen LogP) is 0.775. The number of nitrogens with two attached hydrogens (primary N) is 1. The van der Waals surface area contributed by atoms with Crippen molar-refractivity contribution in [2.24, 2.45) is 5.92 Å². The van der Waals surface area contributed by atoms with E-state index >= 15 is 0 Å². The molecule has 0 unspecified atom stereocenters. The largest absolute Gasteiger partial charge is 0.408 e. The molecule has 2 N–H and O–H groups in total. The Morgan fingerprint density at radius 2 is 2.30 bits per heavy atom. The highest BCUT2D eigenvalue weighted by molar-refractivity contribution is 5.11. The molecule has 0 saturated heterocycles. The van der Waals surface area contributed by atoms with E-state index in [9.17, 15) is 0 Å². The first-order valence-electron chi connectivity index (χ1n) is 3.36. The Morgan fingerprint density at radius 1 is 1.60 bits per heavy atom. The third kappa shape index (κ3) is 0.761. The van der Waals surface area contributed by atoms with Gasteiger partial charge in [0.25, 0.3) is 0 Å². The Labute approximate surface area is 58.4 Å². The molecule has 1 aliphatic carbocycles. The molecule has 1 saturated carbocycles. The fourth-order valence-corrected chi connectivity index (χ4v) is 1.06. The average molecular weight is 139 g/mol. The molecule has 0 bridgehead atoms. The van der Waals surface area contributed by atoms with Crippen LogP contribution in [0.15, 0.2) is 4.42 Å². The maximum atomic E-state index is 5.25. The minimum atomic E-state index is 0.175. The molecule has 1 heterocycles. The minimum absolute atomic E-state index is 0.175. The standard InChI is InChI=1S/C6H9N3O/c1-3-2-4(3)5-8-9-6(7)10-5/h3-4H,2H2,1H3,(H2,7,9)/t3-,4-/m0/s1. The van der Waals surface area contributed by atoms with Gasteiger partial charge in [-0.25, -0.2) is 0 Å². The Bertz CT molecular complexity index is 245. The lowest BCUT2D eigenvalue weighted by Crippen LogP contribution is -1.81. The van der Waals surface area contributed by atoms with E-state index in [1.54, 1.807) is 0 Å². The molecule has 1 aromatic rings. The third-order valence-electron chi connectivity index (χ3n) is 1.88. The summed E-state index contributed by atoms with van der Waals surface area (Å²) < 4.78 is 5.03. The average Bonchev–Trinajstić information content (AvgIpc) is 2.42. The van der Waals surface area contributed by atoms with E-state index in [4.69, 9.17) is 10.2 Å². The molecule has 54 valence electrons. The third-order valence-corrected chi connectivity index (χ3v) is 1.88. The summed E-state index contributed by atoms with van der Waals surface area (Å²) in [5.41, 5.74) is 5.25. The van der Waals surface area contributed by atoms with Crippen molar-refractivity contribution in [3.05, 3.63) is 5.89 Å². The normalized spacial score (nSPS) is 30.5. The molecular weight excluding hydrogens is 130 g/mol. The maximum Gasteiger partial charge on any atom is 0.312 e. The Hall–Kier alpha value is -1.06. The van der Waals surface area contributed by atoms with E-state index in [1.165, 1.54) is 0 Å². The number of aromatic nitrogens is 2. The van der Waals surface area contributed by atoms with Crippen LogP contribution in [-0.2, 0) is 0 Å². The first kappa shape index (κ1) is 5.70. The number of nitrogen functional groups attached to an aromatic ring is 1. The summed E-state index contributed by atoms with van der Waals surface area (Å²) in [5, 5.41) is 7.36. The van der Waals surface area contributed by atoms with Gasteiger partial charge >= 0.3 is 6.01 Å². The topological polar surface area (TPSA) is 64.9 Å². The zero-order chi connectivity index (χ0) is 7.14. The number of nitrogens with zero attached hydrogens (tertiary/aromatic N) is 2. The zero-order valence-corrected chi connectivity index (χ0v) is 5.74. The Morgan fingerprint density at radius 3 is 2.70 bits per heavy atom. The van der Waals surface area contributed by atoms with Crippen molar-refractivity contribution < 1.29 is 4.42 Å². The highest BCUT2D eigenvalue weighted by Crippen LogP contribution is 2.46. The van der Waals surface area contributed by atoms with Crippen LogP contribution in [0.3, 0.4) is 0 Å². The van der Waals surface area contributed by atoms with E-state index in [2.05, 4.69) is 17.1 Å². The van der Waals surface area contributed by atoms with E-state index in [0.717, 1.165) is 6.42 Å². The molecule has 4 heteroatoms. The SMILES string of the molecule is C[C@H]1C[C@@H]1c1nnc(N)o1. The van der Waals surface area contributed by atoms with E-state index in [0.29, 0.717) is 17.7 Å². The second-order valence-electron chi connectivity index (χ2n) is 2.80. The highest BCUT2D eigenvalue weighted by Gasteiger charge is 2.38. The van der Waals surface area contributed by atoms with Crippen molar-refractivity contribution >= 4 is 6.01 Å². The monoisotopic (exact) mass is 139 g/mol. The lowest BCUT2D eigenvalue weighted by molar-refractivity contribution is 0.506.